The van der Waals surface area contributed by atoms with Crippen molar-refractivity contribution >= 4 is 11.6 Å². The van der Waals surface area contributed by atoms with Gasteiger partial charge in [0.15, 0.2) is 0 Å². The molecule has 0 radical (unpaired) electrons. The summed E-state index contributed by atoms with van der Waals surface area (Å²) in [7, 11) is 0. The van der Waals surface area contributed by atoms with E-state index in [-0.39, 0.29) is 12.4 Å². The van der Waals surface area contributed by atoms with E-state index in [4.69, 9.17) is 16.3 Å². The normalized spacial score (nSPS) is 12.2. The van der Waals surface area contributed by atoms with Crippen LogP contribution >= 0.6 is 11.6 Å². The van der Waals surface area contributed by atoms with Gasteiger partial charge in [0.1, 0.15) is 24.3 Å². The molecule has 0 aliphatic carbocycles. The first-order chi connectivity index (χ1) is 14.4. The highest BCUT2D eigenvalue weighted by Gasteiger charge is 2.15. The first-order valence-electron chi connectivity index (χ1n) is 9.98. The molecular formula is C25H27ClFNO2. The summed E-state index contributed by atoms with van der Waals surface area (Å²) in [5, 5.41) is 11.2. The third-order valence-electron chi connectivity index (χ3n) is 4.94. The summed E-state index contributed by atoms with van der Waals surface area (Å²) in [5.74, 6) is 0.411. The minimum atomic E-state index is -0.675. The van der Waals surface area contributed by atoms with Gasteiger partial charge in [0.05, 0.1) is 0 Å². The Balaban J connectivity index is 1.68. The van der Waals surface area contributed by atoms with Crippen molar-refractivity contribution in [3.63, 3.8) is 0 Å². The lowest BCUT2D eigenvalue weighted by Crippen LogP contribution is -2.35. The van der Waals surface area contributed by atoms with E-state index in [9.17, 15) is 9.50 Å². The molecule has 0 unspecified atom stereocenters. The molecule has 0 aromatic heterocycles. The Morgan fingerprint density at radius 3 is 2.37 bits per heavy atom. The molecule has 1 atom stereocenters. The number of hydrogen-bond acceptors (Lipinski definition) is 3. The van der Waals surface area contributed by atoms with Crippen LogP contribution in [-0.4, -0.2) is 29.3 Å². The van der Waals surface area contributed by atoms with Gasteiger partial charge < -0.3 is 9.84 Å². The Kier molecular flexibility index (Phi) is 7.86. The monoisotopic (exact) mass is 427 g/mol. The van der Waals surface area contributed by atoms with Crippen LogP contribution in [0.1, 0.15) is 22.3 Å². The minimum absolute atomic E-state index is 0.175. The summed E-state index contributed by atoms with van der Waals surface area (Å²) in [6, 6.07) is 19.9. The average molecular weight is 428 g/mol. The molecule has 0 amide bonds. The van der Waals surface area contributed by atoms with E-state index in [0.717, 1.165) is 5.56 Å². The van der Waals surface area contributed by atoms with Gasteiger partial charge in [0.2, 0.25) is 0 Å². The van der Waals surface area contributed by atoms with Crippen molar-refractivity contribution in [2.45, 2.75) is 33.0 Å². The van der Waals surface area contributed by atoms with Gasteiger partial charge in [-0.15, -0.1) is 0 Å². The van der Waals surface area contributed by atoms with Gasteiger partial charge in [-0.3, -0.25) is 4.90 Å². The molecule has 0 spiro atoms. The number of ether oxygens (including phenoxy) is 1. The molecule has 3 aromatic carbocycles. The topological polar surface area (TPSA) is 32.7 Å². The molecule has 158 valence electrons. The van der Waals surface area contributed by atoms with Gasteiger partial charge in [-0.1, -0.05) is 47.5 Å². The molecule has 3 aromatic rings. The van der Waals surface area contributed by atoms with Crippen LogP contribution in [0.5, 0.6) is 5.75 Å². The van der Waals surface area contributed by atoms with Crippen molar-refractivity contribution in [1.29, 1.82) is 0 Å². The van der Waals surface area contributed by atoms with Gasteiger partial charge in [0.25, 0.3) is 0 Å². The van der Waals surface area contributed by atoms with Crippen LogP contribution in [0.15, 0.2) is 66.7 Å². The Morgan fingerprint density at radius 2 is 1.67 bits per heavy atom. The molecule has 0 saturated carbocycles. The van der Waals surface area contributed by atoms with E-state index in [1.54, 1.807) is 36.4 Å². The van der Waals surface area contributed by atoms with E-state index in [2.05, 4.69) is 36.9 Å². The lowest BCUT2D eigenvalue weighted by molar-refractivity contribution is 0.0628. The van der Waals surface area contributed by atoms with Crippen molar-refractivity contribution in [3.05, 3.63) is 99.8 Å². The molecule has 5 heteroatoms. The highest BCUT2D eigenvalue weighted by atomic mass is 35.5. The maximum atomic E-state index is 13.3. The zero-order valence-corrected chi connectivity index (χ0v) is 18.1. The number of rotatable bonds is 9. The second kappa shape index (κ2) is 10.6. The fourth-order valence-corrected chi connectivity index (χ4v) is 3.44. The number of benzene rings is 3. The summed E-state index contributed by atoms with van der Waals surface area (Å²) in [5.41, 5.74) is 4.61. The first-order valence-corrected chi connectivity index (χ1v) is 10.4. The van der Waals surface area contributed by atoms with E-state index >= 15 is 0 Å². The van der Waals surface area contributed by atoms with Crippen LogP contribution in [-0.2, 0) is 13.1 Å². The number of aryl methyl sites for hydroxylation is 2. The number of aliphatic hydroxyl groups excluding tert-OH is 1. The fraction of sp³-hybridized carbons (Fsp3) is 0.280. The zero-order valence-electron chi connectivity index (χ0n) is 17.3. The van der Waals surface area contributed by atoms with Crippen LogP contribution in [0.4, 0.5) is 4.39 Å². The Morgan fingerprint density at radius 1 is 0.967 bits per heavy atom. The molecule has 0 heterocycles. The molecule has 3 nitrogen and oxygen atoms in total. The largest absolute Gasteiger partial charge is 0.491 e. The van der Waals surface area contributed by atoms with Crippen LogP contribution < -0.4 is 4.74 Å². The second-order valence-corrected chi connectivity index (χ2v) is 8.08. The zero-order chi connectivity index (χ0) is 21.5. The SMILES string of the molecule is Cc1ccc(C)c(CN(Cc2ccc(F)cc2)C[C@@H](O)COc2ccc(Cl)cc2)c1. The second-order valence-electron chi connectivity index (χ2n) is 7.64. The number of aliphatic hydroxyl groups is 1. The summed E-state index contributed by atoms with van der Waals surface area (Å²) in [6.45, 7) is 6.05. The smallest absolute Gasteiger partial charge is 0.123 e. The minimum Gasteiger partial charge on any atom is -0.491 e. The summed E-state index contributed by atoms with van der Waals surface area (Å²) < 4.78 is 19.0. The van der Waals surface area contributed by atoms with E-state index < -0.39 is 6.10 Å². The highest BCUT2D eigenvalue weighted by molar-refractivity contribution is 6.30. The summed E-state index contributed by atoms with van der Waals surface area (Å²) in [4.78, 5) is 2.16. The lowest BCUT2D eigenvalue weighted by atomic mass is 10.0. The Labute approximate surface area is 182 Å². The number of hydrogen-bond donors (Lipinski definition) is 1. The summed E-state index contributed by atoms with van der Waals surface area (Å²) >= 11 is 5.90. The molecular weight excluding hydrogens is 401 g/mol. The average Bonchev–Trinajstić information content (AvgIpc) is 2.72. The van der Waals surface area contributed by atoms with Crippen molar-refractivity contribution in [1.82, 2.24) is 4.90 Å². The standard InChI is InChI=1S/C25H27ClFNO2/c1-18-3-4-19(2)21(13-18)15-28(14-20-5-9-23(27)10-6-20)16-24(29)17-30-25-11-7-22(26)8-12-25/h3-13,24,29H,14-17H2,1-2H3/t24-/m1/s1. The number of halogens is 2. The van der Waals surface area contributed by atoms with E-state index in [0.29, 0.717) is 30.4 Å². The van der Waals surface area contributed by atoms with Crippen molar-refractivity contribution < 1.29 is 14.2 Å². The van der Waals surface area contributed by atoms with Gasteiger partial charge in [-0.2, -0.15) is 0 Å². The van der Waals surface area contributed by atoms with Crippen molar-refractivity contribution in [3.8, 4) is 5.75 Å². The van der Waals surface area contributed by atoms with Gasteiger partial charge in [-0.25, -0.2) is 4.39 Å². The van der Waals surface area contributed by atoms with E-state index in [1.807, 2.05) is 0 Å². The lowest BCUT2D eigenvalue weighted by Gasteiger charge is -2.26. The van der Waals surface area contributed by atoms with Crippen LogP contribution in [0, 0.1) is 19.7 Å². The first kappa shape index (κ1) is 22.3. The third-order valence-corrected chi connectivity index (χ3v) is 5.19. The maximum Gasteiger partial charge on any atom is 0.123 e. The van der Waals surface area contributed by atoms with Gasteiger partial charge in [-0.05, 0) is 66.9 Å². The highest BCUT2D eigenvalue weighted by Crippen LogP contribution is 2.18. The fourth-order valence-electron chi connectivity index (χ4n) is 3.32. The van der Waals surface area contributed by atoms with Crippen LogP contribution in [0.25, 0.3) is 0 Å². The molecule has 1 N–H and O–H groups in total. The molecule has 0 aliphatic rings. The third kappa shape index (κ3) is 6.84. The Bertz CT molecular complexity index is 944. The Hall–Kier alpha value is -2.40. The number of nitrogens with zero attached hydrogens (tertiary/aromatic N) is 1. The predicted octanol–water partition coefficient (Wildman–Crippen LogP) is 5.54. The van der Waals surface area contributed by atoms with Crippen LogP contribution in [0.2, 0.25) is 5.02 Å². The molecule has 0 saturated heterocycles. The molecule has 3 rings (SSSR count). The van der Waals surface area contributed by atoms with Crippen molar-refractivity contribution in [2.75, 3.05) is 13.2 Å². The quantitative estimate of drug-likeness (QED) is 0.486. The molecule has 0 bridgehead atoms. The van der Waals surface area contributed by atoms with Crippen LogP contribution in [0.3, 0.4) is 0 Å². The molecule has 30 heavy (non-hydrogen) atoms. The predicted molar refractivity (Wildman–Crippen MR) is 119 cm³/mol. The van der Waals surface area contributed by atoms with E-state index in [1.165, 1.54) is 28.8 Å². The van der Waals surface area contributed by atoms with Crippen molar-refractivity contribution in [2.24, 2.45) is 0 Å². The molecule has 0 fully saturated rings. The summed E-state index contributed by atoms with van der Waals surface area (Å²) in [6.07, 6.45) is -0.675. The van der Waals surface area contributed by atoms with Gasteiger partial charge in [0, 0.05) is 24.7 Å². The maximum absolute atomic E-state index is 13.3. The van der Waals surface area contributed by atoms with Gasteiger partial charge >= 0.3 is 0 Å². The molecule has 0 aliphatic heterocycles.